The van der Waals surface area contributed by atoms with Crippen LogP contribution in [0.2, 0.25) is 10.0 Å². The van der Waals surface area contributed by atoms with Gasteiger partial charge in [0.2, 0.25) is 0 Å². The smallest absolute Gasteiger partial charge is 0.0643 e. The van der Waals surface area contributed by atoms with E-state index in [1.165, 1.54) is 5.56 Å². The van der Waals surface area contributed by atoms with Crippen LogP contribution in [-0.4, -0.2) is 6.54 Å². The van der Waals surface area contributed by atoms with Crippen LogP contribution in [0.3, 0.4) is 0 Å². The fraction of sp³-hybridized carbons (Fsp3) is 0.200. The summed E-state index contributed by atoms with van der Waals surface area (Å²) in [6.45, 7) is 2.94. The molecule has 0 heterocycles. The van der Waals surface area contributed by atoms with Gasteiger partial charge in [-0.2, -0.15) is 0 Å². The molecular weight excluding hydrogens is 265 g/mol. The topological polar surface area (TPSA) is 12.0 Å². The van der Waals surface area contributed by atoms with Crippen molar-refractivity contribution in [1.29, 1.82) is 0 Å². The molecule has 1 unspecified atom stereocenters. The first-order chi connectivity index (χ1) is 8.74. The van der Waals surface area contributed by atoms with E-state index in [2.05, 4.69) is 24.4 Å². The van der Waals surface area contributed by atoms with E-state index in [1.54, 1.807) is 6.07 Å². The van der Waals surface area contributed by atoms with Gasteiger partial charge in [-0.25, -0.2) is 0 Å². The molecule has 94 valence electrons. The molecule has 0 aromatic heterocycles. The Morgan fingerprint density at radius 1 is 1.00 bits per heavy atom. The third-order valence-electron chi connectivity index (χ3n) is 2.83. The molecule has 0 saturated heterocycles. The third kappa shape index (κ3) is 2.86. The zero-order valence-electron chi connectivity index (χ0n) is 10.2. The summed E-state index contributed by atoms with van der Waals surface area (Å²) in [7, 11) is 0. The largest absolute Gasteiger partial charge is 0.306 e. The second-order valence-corrected chi connectivity index (χ2v) is 4.83. The van der Waals surface area contributed by atoms with Crippen molar-refractivity contribution in [2.45, 2.75) is 13.0 Å². The van der Waals surface area contributed by atoms with Crippen LogP contribution in [0.4, 0.5) is 0 Å². The van der Waals surface area contributed by atoms with E-state index in [0.717, 1.165) is 12.1 Å². The maximum atomic E-state index is 6.30. The molecule has 0 bridgehead atoms. The van der Waals surface area contributed by atoms with Gasteiger partial charge in [0.05, 0.1) is 16.1 Å². The number of rotatable bonds is 4. The van der Waals surface area contributed by atoms with E-state index in [1.807, 2.05) is 30.3 Å². The van der Waals surface area contributed by atoms with Crippen molar-refractivity contribution in [3.8, 4) is 0 Å². The van der Waals surface area contributed by atoms with E-state index in [-0.39, 0.29) is 6.04 Å². The van der Waals surface area contributed by atoms with Crippen LogP contribution in [0.25, 0.3) is 0 Å². The quantitative estimate of drug-likeness (QED) is 0.856. The molecule has 0 aliphatic rings. The first-order valence-corrected chi connectivity index (χ1v) is 6.72. The summed E-state index contributed by atoms with van der Waals surface area (Å²) in [5.41, 5.74) is 2.20. The van der Waals surface area contributed by atoms with Gasteiger partial charge in [0.25, 0.3) is 0 Å². The monoisotopic (exact) mass is 279 g/mol. The third-order valence-corrected chi connectivity index (χ3v) is 3.67. The predicted molar refractivity (Wildman–Crippen MR) is 78.4 cm³/mol. The van der Waals surface area contributed by atoms with Crippen LogP contribution in [0.5, 0.6) is 0 Å². The van der Waals surface area contributed by atoms with Crippen LogP contribution >= 0.6 is 23.2 Å². The van der Waals surface area contributed by atoms with Crippen LogP contribution in [-0.2, 0) is 0 Å². The van der Waals surface area contributed by atoms with Gasteiger partial charge in [0.1, 0.15) is 0 Å². The Hall–Kier alpha value is -1.02. The second kappa shape index (κ2) is 6.24. The summed E-state index contributed by atoms with van der Waals surface area (Å²) in [5.74, 6) is 0. The van der Waals surface area contributed by atoms with Crippen molar-refractivity contribution < 1.29 is 0 Å². The number of hydrogen-bond donors (Lipinski definition) is 1. The minimum absolute atomic E-state index is 0.0717. The van der Waals surface area contributed by atoms with Crippen LogP contribution in [0, 0.1) is 0 Å². The molecule has 0 spiro atoms. The molecule has 2 aromatic carbocycles. The average molecular weight is 280 g/mol. The summed E-state index contributed by atoms with van der Waals surface area (Å²) < 4.78 is 0. The number of hydrogen-bond acceptors (Lipinski definition) is 1. The van der Waals surface area contributed by atoms with Crippen molar-refractivity contribution in [2.75, 3.05) is 6.54 Å². The summed E-state index contributed by atoms with van der Waals surface area (Å²) in [4.78, 5) is 0. The molecule has 1 nitrogen and oxygen atoms in total. The van der Waals surface area contributed by atoms with Gasteiger partial charge in [-0.15, -0.1) is 0 Å². The highest BCUT2D eigenvalue weighted by Crippen LogP contribution is 2.32. The summed E-state index contributed by atoms with van der Waals surface area (Å²) in [6, 6.07) is 16.0. The van der Waals surface area contributed by atoms with Gasteiger partial charge in [-0.1, -0.05) is 72.6 Å². The highest BCUT2D eigenvalue weighted by molar-refractivity contribution is 6.42. The molecule has 0 saturated carbocycles. The minimum Gasteiger partial charge on any atom is -0.306 e. The first-order valence-electron chi connectivity index (χ1n) is 5.96. The molecule has 3 heteroatoms. The molecule has 0 aliphatic carbocycles. The zero-order valence-corrected chi connectivity index (χ0v) is 11.7. The summed E-state index contributed by atoms with van der Waals surface area (Å²) in [6.07, 6.45) is 0. The van der Waals surface area contributed by atoms with E-state index in [0.29, 0.717) is 10.0 Å². The van der Waals surface area contributed by atoms with Crippen LogP contribution < -0.4 is 5.32 Å². The molecule has 2 aromatic rings. The van der Waals surface area contributed by atoms with Crippen molar-refractivity contribution in [3.63, 3.8) is 0 Å². The lowest BCUT2D eigenvalue weighted by molar-refractivity contribution is 0.631. The normalized spacial score (nSPS) is 12.4. The average Bonchev–Trinajstić information content (AvgIpc) is 2.41. The van der Waals surface area contributed by atoms with Crippen molar-refractivity contribution >= 4 is 23.2 Å². The maximum absolute atomic E-state index is 6.30. The predicted octanol–water partition coefficient (Wildman–Crippen LogP) is 4.69. The van der Waals surface area contributed by atoms with Crippen molar-refractivity contribution in [1.82, 2.24) is 5.32 Å². The molecule has 0 radical (unpaired) electrons. The molecule has 2 rings (SSSR count). The SMILES string of the molecule is CCNC(c1ccccc1)c1cccc(Cl)c1Cl. The minimum atomic E-state index is 0.0717. The van der Waals surface area contributed by atoms with Gasteiger partial charge < -0.3 is 5.32 Å². The standard InChI is InChI=1S/C15H15Cl2N/c1-2-18-15(11-7-4-3-5-8-11)12-9-6-10-13(16)14(12)17/h3-10,15,18H,2H2,1H3. The number of halogens is 2. The van der Waals surface area contributed by atoms with E-state index < -0.39 is 0 Å². The molecule has 0 aliphatic heterocycles. The molecule has 0 fully saturated rings. The van der Waals surface area contributed by atoms with Crippen molar-refractivity contribution in [3.05, 3.63) is 69.7 Å². The van der Waals surface area contributed by atoms with Crippen molar-refractivity contribution in [2.24, 2.45) is 0 Å². The maximum Gasteiger partial charge on any atom is 0.0643 e. The number of benzene rings is 2. The Labute approximate surface area is 118 Å². The zero-order chi connectivity index (χ0) is 13.0. The van der Waals surface area contributed by atoms with E-state index in [9.17, 15) is 0 Å². The Morgan fingerprint density at radius 3 is 2.39 bits per heavy atom. The Balaban J connectivity index is 2.45. The lowest BCUT2D eigenvalue weighted by Crippen LogP contribution is -2.22. The van der Waals surface area contributed by atoms with Crippen LogP contribution in [0.1, 0.15) is 24.1 Å². The Bertz CT molecular complexity index is 511. The summed E-state index contributed by atoms with van der Waals surface area (Å²) in [5, 5.41) is 4.65. The Morgan fingerprint density at radius 2 is 1.72 bits per heavy atom. The molecule has 18 heavy (non-hydrogen) atoms. The van der Waals surface area contributed by atoms with Gasteiger partial charge in [0.15, 0.2) is 0 Å². The fourth-order valence-electron chi connectivity index (χ4n) is 2.00. The van der Waals surface area contributed by atoms with Crippen LogP contribution in [0.15, 0.2) is 48.5 Å². The van der Waals surface area contributed by atoms with Gasteiger partial charge in [-0.3, -0.25) is 0 Å². The fourth-order valence-corrected chi connectivity index (χ4v) is 2.42. The molecule has 1 atom stereocenters. The summed E-state index contributed by atoms with van der Waals surface area (Å²) >= 11 is 12.4. The van der Waals surface area contributed by atoms with E-state index >= 15 is 0 Å². The molecule has 1 N–H and O–H groups in total. The first kappa shape index (κ1) is 13.4. The molecule has 0 amide bonds. The lowest BCUT2D eigenvalue weighted by atomic mass is 9.98. The second-order valence-electron chi connectivity index (χ2n) is 4.04. The highest BCUT2D eigenvalue weighted by Gasteiger charge is 2.16. The van der Waals surface area contributed by atoms with Gasteiger partial charge in [0, 0.05) is 0 Å². The number of nitrogens with one attached hydrogen (secondary N) is 1. The van der Waals surface area contributed by atoms with Gasteiger partial charge >= 0.3 is 0 Å². The van der Waals surface area contributed by atoms with E-state index in [4.69, 9.17) is 23.2 Å². The van der Waals surface area contributed by atoms with Gasteiger partial charge in [-0.05, 0) is 23.7 Å². The highest BCUT2D eigenvalue weighted by atomic mass is 35.5. The Kier molecular flexibility index (Phi) is 4.65. The molecular formula is C15H15Cl2N. The lowest BCUT2D eigenvalue weighted by Gasteiger charge is -2.20.